The van der Waals surface area contributed by atoms with E-state index in [-0.39, 0.29) is 149 Å². The zero-order chi connectivity index (χ0) is 65.3. The number of esters is 4. The normalized spacial score (nSPS) is 15.6. The molecule has 0 aromatic rings. The highest BCUT2D eigenvalue weighted by atomic mass is 16.6. The summed E-state index contributed by atoms with van der Waals surface area (Å²) in [5, 5.41) is 78.9. The third-order valence-electron chi connectivity index (χ3n) is 12.2. The Morgan fingerprint density at radius 1 is 0.235 bits per heavy atom. The van der Waals surface area contributed by atoms with Crippen molar-refractivity contribution in [1.82, 2.24) is 29.4 Å². The number of aliphatic hydroxyl groups excluding tert-OH is 8. The smallest absolute Gasteiger partial charge is 0.306 e. The number of ether oxygens (including phenoxy) is 4. The lowest BCUT2D eigenvalue weighted by Crippen LogP contribution is -2.44. The van der Waals surface area contributed by atoms with E-state index in [1.54, 1.807) is 0 Å². The minimum absolute atomic E-state index is 0.0871. The lowest BCUT2D eigenvalue weighted by atomic mass is 10.1. The van der Waals surface area contributed by atoms with Crippen LogP contribution in [0.25, 0.3) is 0 Å². The molecule has 28 nitrogen and oxygen atoms in total. The van der Waals surface area contributed by atoms with Crippen LogP contribution in [-0.2, 0) is 66.9 Å². The maximum Gasteiger partial charge on any atom is 0.306 e. The Balaban J connectivity index is 6.52. The Morgan fingerprint density at radius 2 is 0.376 bits per heavy atom. The molecule has 0 rings (SSSR count). The van der Waals surface area contributed by atoms with E-state index >= 15 is 0 Å². The van der Waals surface area contributed by atoms with Crippen molar-refractivity contribution >= 4 is 59.3 Å². The summed E-state index contributed by atoms with van der Waals surface area (Å²) in [4.78, 5) is 139. The van der Waals surface area contributed by atoms with Gasteiger partial charge < -0.3 is 89.2 Å². The molecule has 0 fully saturated rings. The average molecular weight is 1220 g/mol. The largest absolute Gasteiger partial charge is 0.461 e. The van der Waals surface area contributed by atoms with Crippen LogP contribution in [0.5, 0.6) is 0 Å². The molecule has 0 aromatic heterocycles. The molecule has 0 aliphatic heterocycles. The molecule has 0 heterocycles. The summed E-state index contributed by atoms with van der Waals surface area (Å²) >= 11 is 0. The van der Waals surface area contributed by atoms with E-state index in [9.17, 15) is 88.8 Å². The summed E-state index contributed by atoms with van der Waals surface area (Å²) in [5.41, 5.74) is 0. The van der Waals surface area contributed by atoms with Gasteiger partial charge in [-0.15, -0.1) is 0 Å². The number of carbonyl (C=O) groups is 10. The van der Waals surface area contributed by atoms with Gasteiger partial charge in [0.1, 0.15) is 24.4 Å². The number of nitrogens with zero attached hydrogens (tertiary/aromatic N) is 6. The minimum atomic E-state index is -1.01. The topological polar surface area (TPSA) is 389 Å². The van der Waals surface area contributed by atoms with Crippen LogP contribution < -0.4 is 0 Å². The molecular weight excluding hydrogens is 1120 g/mol. The maximum absolute atomic E-state index is 14.1. The number of hydrogen-bond donors (Lipinski definition) is 8. The van der Waals surface area contributed by atoms with E-state index in [4.69, 9.17) is 18.9 Å². The molecule has 6 amide bonds. The minimum Gasteiger partial charge on any atom is -0.461 e. The van der Waals surface area contributed by atoms with Crippen LogP contribution in [0.4, 0.5) is 0 Å². The highest BCUT2D eigenvalue weighted by molar-refractivity contribution is 5.84. The molecule has 0 saturated carbocycles. The van der Waals surface area contributed by atoms with E-state index in [1.165, 1.54) is 112 Å². The van der Waals surface area contributed by atoms with E-state index in [2.05, 4.69) is 0 Å². The van der Waals surface area contributed by atoms with Crippen LogP contribution >= 0.6 is 0 Å². The van der Waals surface area contributed by atoms with E-state index in [0.29, 0.717) is 0 Å². The first kappa shape index (κ1) is 79.4. The van der Waals surface area contributed by atoms with Gasteiger partial charge in [0.25, 0.3) is 0 Å². The molecule has 0 aliphatic rings. The molecule has 0 aromatic carbocycles. The van der Waals surface area contributed by atoms with Crippen LogP contribution in [0.3, 0.4) is 0 Å². The van der Waals surface area contributed by atoms with Crippen molar-refractivity contribution in [3.8, 4) is 0 Å². The molecule has 8 N–H and O–H groups in total. The Labute approximate surface area is 500 Å². The zero-order valence-electron chi connectivity index (χ0n) is 52.2. The van der Waals surface area contributed by atoms with Gasteiger partial charge in [0, 0.05) is 90.9 Å². The number of amides is 6. The van der Waals surface area contributed by atoms with E-state index in [0.717, 1.165) is 0 Å². The summed E-state index contributed by atoms with van der Waals surface area (Å²) in [6.07, 6.45) is -14.8. The van der Waals surface area contributed by atoms with Crippen LogP contribution in [-0.4, -0.2) is 281 Å². The second kappa shape index (κ2) is 42.3. The van der Waals surface area contributed by atoms with Gasteiger partial charge in [0.15, 0.2) is 0 Å². The number of rotatable bonds is 44. The molecule has 0 bridgehead atoms. The summed E-state index contributed by atoms with van der Waals surface area (Å²) in [6.45, 7) is 15.9. The SMILES string of the molecule is CC(O)CN(CC(C)O)C(=O)CCC(=O)OC(C)CN(CC(C)OC(=O)CCC(=O)N(CC(C)O)CC(C)O)C(=O)CCCC(=O)N(CC(C)OC(=O)CCC(=O)N(CC(C)O)CC(C)O)CC(C)OC(=O)CCC(=O)N(CC(C)O)CC(C)O. The fourth-order valence-corrected chi connectivity index (χ4v) is 8.92. The predicted octanol–water partition coefficient (Wildman–Crippen LogP) is -0.978. The molecular formula is C57H102N6O22. The van der Waals surface area contributed by atoms with Crippen LogP contribution in [0.1, 0.15) is 154 Å². The van der Waals surface area contributed by atoms with E-state index in [1.807, 2.05) is 0 Å². The second-order valence-electron chi connectivity index (χ2n) is 22.6. The van der Waals surface area contributed by atoms with Gasteiger partial charge in [-0.3, -0.25) is 47.9 Å². The summed E-state index contributed by atoms with van der Waals surface area (Å²) in [7, 11) is 0. The van der Waals surface area contributed by atoms with Crippen LogP contribution in [0, 0.1) is 0 Å². The monoisotopic (exact) mass is 1220 g/mol. The molecule has 85 heavy (non-hydrogen) atoms. The van der Waals surface area contributed by atoms with Crippen molar-refractivity contribution in [2.75, 3.05) is 78.5 Å². The van der Waals surface area contributed by atoms with Gasteiger partial charge in [-0.05, 0) is 89.5 Å². The molecule has 492 valence electrons. The molecule has 28 heteroatoms. The van der Waals surface area contributed by atoms with Crippen molar-refractivity contribution in [2.24, 2.45) is 0 Å². The molecule has 0 saturated heterocycles. The fraction of sp³-hybridized carbons (Fsp3) is 0.825. The molecule has 0 spiro atoms. The first-order valence-corrected chi connectivity index (χ1v) is 29.4. The quantitative estimate of drug-likeness (QED) is 0.0268. The lowest BCUT2D eigenvalue weighted by molar-refractivity contribution is -0.156. The van der Waals surface area contributed by atoms with Crippen molar-refractivity contribution in [1.29, 1.82) is 0 Å². The Hall–Kier alpha value is -5.62. The van der Waals surface area contributed by atoms with E-state index < -0.39 is 133 Å². The highest BCUT2D eigenvalue weighted by Crippen LogP contribution is 2.15. The Morgan fingerprint density at radius 3 is 0.529 bits per heavy atom. The first-order chi connectivity index (χ1) is 39.5. The molecule has 12 unspecified atom stereocenters. The average Bonchev–Trinajstić information content (AvgIpc) is 3.45. The predicted molar refractivity (Wildman–Crippen MR) is 306 cm³/mol. The third kappa shape index (κ3) is 38.9. The number of hydrogen-bond acceptors (Lipinski definition) is 22. The summed E-state index contributed by atoms with van der Waals surface area (Å²) < 4.78 is 22.3. The lowest BCUT2D eigenvalue weighted by Gasteiger charge is -2.30. The number of carbonyl (C=O) groups excluding carboxylic acids is 10. The van der Waals surface area contributed by atoms with Gasteiger partial charge >= 0.3 is 23.9 Å². The standard InChI is InChI=1S/C57H102N6O22/c1-36(64)24-58(25-37(2)65)50(74)16-20-54(78)82-44(9)32-62(33-45(10)83-55(79)21-17-51(75)59(26-38(3)66)27-39(4)67)48(72)14-13-15-49(73)63(34-46(11)84-56(80)22-18-52(76)60(28-40(5)68)29-41(6)69)35-47(12)85-57(81)23-19-53(77)61(30-42(7)70)31-43(8)71/h36-47,64-71H,13-35H2,1-12H3. The van der Waals surface area contributed by atoms with Gasteiger partial charge in [0.2, 0.25) is 35.4 Å². The Bertz CT molecular complexity index is 1750. The third-order valence-corrected chi connectivity index (χ3v) is 12.2. The van der Waals surface area contributed by atoms with Crippen molar-refractivity contribution < 1.29 is 108 Å². The molecule has 0 aliphatic carbocycles. The van der Waals surface area contributed by atoms with Gasteiger partial charge in [0.05, 0.1) is 101 Å². The van der Waals surface area contributed by atoms with Crippen molar-refractivity contribution in [3.63, 3.8) is 0 Å². The van der Waals surface area contributed by atoms with Gasteiger partial charge in [-0.1, -0.05) is 0 Å². The Kier molecular flexibility index (Phi) is 39.5. The van der Waals surface area contributed by atoms with Crippen molar-refractivity contribution in [3.05, 3.63) is 0 Å². The van der Waals surface area contributed by atoms with Crippen LogP contribution in [0.15, 0.2) is 0 Å². The second-order valence-corrected chi connectivity index (χ2v) is 22.6. The zero-order valence-corrected chi connectivity index (χ0v) is 52.2. The van der Waals surface area contributed by atoms with Gasteiger partial charge in [-0.2, -0.15) is 0 Å². The molecule has 12 atom stereocenters. The highest BCUT2D eigenvalue weighted by Gasteiger charge is 2.29. The van der Waals surface area contributed by atoms with Crippen LogP contribution in [0.2, 0.25) is 0 Å². The van der Waals surface area contributed by atoms with Gasteiger partial charge in [-0.25, -0.2) is 0 Å². The maximum atomic E-state index is 14.1. The molecule has 0 radical (unpaired) electrons. The first-order valence-electron chi connectivity index (χ1n) is 29.4. The van der Waals surface area contributed by atoms with Crippen molar-refractivity contribution in [2.45, 2.75) is 227 Å². The summed E-state index contributed by atoms with van der Waals surface area (Å²) in [6, 6.07) is 0. The summed E-state index contributed by atoms with van der Waals surface area (Å²) in [5.74, 6) is -6.48. The number of aliphatic hydroxyl groups is 8. The fourth-order valence-electron chi connectivity index (χ4n) is 8.92.